The Kier molecular flexibility index (Phi) is 3.46. The van der Waals surface area contributed by atoms with E-state index in [0.29, 0.717) is 31.1 Å². The van der Waals surface area contributed by atoms with Gasteiger partial charge < -0.3 is 15.6 Å². The zero-order chi connectivity index (χ0) is 16.9. The maximum Gasteiger partial charge on any atom is 0.277 e. The zero-order valence-corrected chi connectivity index (χ0v) is 13.5. The normalized spacial score (nSPS) is 43.3. The molecule has 130 valence electrons. The molecule has 1 heterocycles. The van der Waals surface area contributed by atoms with Crippen molar-refractivity contribution in [2.45, 2.75) is 56.7 Å². The molecule has 0 saturated heterocycles. The van der Waals surface area contributed by atoms with Crippen molar-refractivity contribution in [1.29, 1.82) is 0 Å². The largest absolute Gasteiger partial charge is 0.410 e. The number of amides is 2. The van der Waals surface area contributed by atoms with E-state index in [0.717, 1.165) is 32.1 Å². The van der Waals surface area contributed by atoms with Crippen molar-refractivity contribution < 1.29 is 19.9 Å². The van der Waals surface area contributed by atoms with Gasteiger partial charge in [0.05, 0.1) is 5.60 Å². The van der Waals surface area contributed by atoms with Gasteiger partial charge >= 0.3 is 0 Å². The lowest BCUT2D eigenvalue weighted by Gasteiger charge is -2.60. The maximum atomic E-state index is 13.0. The lowest BCUT2D eigenvalue weighted by molar-refractivity contribution is -0.145. The molecule has 4 saturated carbocycles. The second-order valence-corrected chi connectivity index (χ2v) is 8.05. The third-order valence-corrected chi connectivity index (χ3v) is 6.29. The molecule has 4 bridgehead atoms. The summed E-state index contributed by atoms with van der Waals surface area (Å²) in [4.78, 5) is 25.2. The van der Waals surface area contributed by atoms with Crippen LogP contribution in [0.3, 0.4) is 0 Å². The molecule has 4 fully saturated rings. The van der Waals surface area contributed by atoms with Gasteiger partial charge in [-0.1, -0.05) is 11.2 Å². The number of nitrogens with zero attached hydrogens (tertiary/aromatic N) is 2. The van der Waals surface area contributed by atoms with Gasteiger partial charge in [-0.05, 0) is 50.4 Å². The highest BCUT2D eigenvalue weighted by molar-refractivity contribution is 6.41. The molecule has 24 heavy (non-hydrogen) atoms. The SMILES string of the molecule is O=CNC1CC=CN1C(=O)/C(=N/O)C12CC3CC(CC(O)(C3)C1)C2. The smallest absolute Gasteiger partial charge is 0.277 e. The molecule has 4 aliphatic carbocycles. The van der Waals surface area contributed by atoms with E-state index in [4.69, 9.17) is 0 Å². The van der Waals surface area contributed by atoms with Crippen molar-refractivity contribution >= 4 is 18.0 Å². The van der Waals surface area contributed by atoms with Crippen LogP contribution in [0.15, 0.2) is 17.4 Å². The first-order valence-electron chi connectivity index (χ1n) is 8.63. The van der Waals surface area contributed by atoms with Crippen molar-refractivity contribution in [2.75, 3.05) is 0 Å². The van der Waals surface area contributed by atoms with E-state index < -0.39 is 17.2 Å². The Morgan fingerprint density at radius 3 is 2.58 bits per heavy atom. The molecule has 3 atom stereocenters. The standard InChI is InChI=1S/C17H23N3O4/c21-10-18-13-2-1-3-20(13)15(22)14(19-24)16-5-11-4-12(6-16)8-17(23,7-11)9-16/h1,3,10-13,23-24H,2,4-9H2,(H,18,21)/b19-14-. The van der Waals surface area contributed by atoms with Gasteiger partial charge in [0.25, 0.3) is 5.91 Å². The molecule has 7 heteroatoms. The number of hydrogen-bond donors (Lipinski definition) is 3. The Labute approximate surface area is 140 Å². The van der Waals surface area contributed by atoms with Gasteiger partial charge in [-0.2, -0.15) is 0 Å². The van der Waals surface area contributed by atoms with Gasteiger partial charge in [-0.25, -0.2) is 0 Å². The highest BCUT2D eigenvalue weighted by Gasteiger charge is 2.60. The second kappa shape index (κ2) is 5.31. The molecule has 3 N–H and O–H groups in total. The number of aliphatic hydroxyl groups is 1. The van der Waals surface area contributed by atoms with E-state index in [1.54, 1.807) is 12.3 Å². The minimum atomic E-state index is -0.735. The van der Waals surface area contributed by atoms with E-state index in [-0.39, 0.29) is 11.6 Å². The zero-order valence-electron chi connectivity index (χ0n) is 13.5. The average Bonchev–Trinajstić information content (AvgIpc) is 2.93. The second-order valence-electron chi connectivity index (χ2n) is 8.05. The number of rotatable bonds is 4. The lowest BCUT2D eigenvalue weighted by atomic mass is 9.46. The third kappa shape index (κ3) is 2.25. The molecule has 5 aliphatic rings. The van der Waals surface area contributed by atoms with Gasteiger partial charge in [-0.15, -0.1) is 0 Å². The van der Waals surface area contributed by atoms with Crippen LogP contribution in [0.4, 0.5) is 0 Å². The molecule has 0 aromatic carbocycles. The van der Waals surface area contributed by atoms with Crippen LogP contribution in [-0.2, 0) is 9.59 Å². The molecule has 1 aliphatic heterocycles. The van der Waals surface area contributed by atoms with Crippen LogP contribution in [0.25, 0.3) is 0 Å². The van der Waals surface area contributed by atoms with Gasteiger partial charge in [0.15, 0.2) is 5.71 Å². The van der Waals surface area contributed by atoms with E-state index in [1.807, 2.05) is 0 Å². The van der Waals surface area contributed by atoms with Crippen molar-refractivity contribution in [2.24, 2.45) is 22.4 Å². The first kappa shape index (κ1) is 15.6. The summed E-state index contributed by atoms with van der Waals surface area (Å²) in [6.07, 6.45) is 8.84. The highest BCUT2D eigenvalue weighted by Crippen LogP contribution is 2.62. The van der Waals surface area contributed by atoms with E-state index >= 15 is 0 Å². The summed E-state index contributed by atoms with van der Waals surface area (Å²) < 4.78 is 0. The summed E-state index contributed by atoms with van der Waals surface area (Å²) in [7, 11) is 0. The molecule has 0 spiro atoms. The average molecular weight is 333 g/mol. The predicted octanol–water partition coefficient (Wildman–Crippen LogP) is 0.966. The Morgan fingerprint density at radius 2 is 2.00 bits per heavy atom. The Hall–Kier alpha value is -1.89. The monoisotopic (exact) mass is 333 g/mol. The van der Waals surface area contributed by atoms with Gasteiger partial charge in [-0.3, -0.25) is 14.5 Å². The minimum Gasteiger partial charge on any atom is -0.410 e. The van der Waals surface area contributed by atoms with Crippen LogP contribution < -0.4 is 5.32 Å². The fraction of sp³-hybridized carbons (Fsp3) is 0.706. The van der Waals surface area contributed by atoms with Crippen LogP contribution in [-0.4, -0.2) is 45.0 Å². The Bertz CT molecular complexity index is 615. The van der Waals surface area contributed by atoms with Gasteiger partial charge in [0, 0.05) is 18.0 Å². The highest BCUT2D eigenvalue weighted by atomic mass is 16.4. The summed E-state index contributed by atoms with van der Waals surface area (Å²) in [5.41, 5.74) is -1.15. The van der Waals surface area contributed by atoms with Crippen LogP contribution in [0.1, 0.15) is 44.9 Å². The van der Waals surface area contributed by atoms with Crippen LogP contribution in [0, 0.1) is 17.3 Å². The number of carbonyl (C=O) groups is 2. The van der Waals surface area contributed by atoms with Gasteiger partial charge in [0.2, 0.25) is 6.41 Å². The molecule has 5 rings (SSSR count). The summed E-state index contributed by atoms with van der Waals surface area (Å²) >= 11 is 0. The molecule has 2 amide bonds. The quantitative estimate of drug-likeness (QED) is 0.309. The molecule has 0 aromatic rings. The van der Waals surface area contributed by atoms with Crippen molar-refractivity contribution in [3.63, 3.8) is 0 Å². The third-order valence-electron chi connectivity index (χ3n) is 6.29. The molecule has 0 aromatic heterocycles. The molecular formula is C17H23N3O4. The summed E-state index contributed by atoms with van der Waals surface area (Å²) in [5.74, 6) is 0.397. The summed E-state index contributed by atoms with van der Waals surface area (Å²) in [6, 6.07) is 0. The fourth-order valence-electron chi connectivity index (χ4n) is 5.95. The van der Waals surface area contributed by atoms with E-state index in [9.17, 15) is 19.9 Å². The molecule has 0 radical (unpaired) electrons. The number of carbonyl (C=O) groups excluding carboxylic acids is 2. The number of oxime groups is 1. The van der Waals surface area contributed by atoms with Crippen molar-refractivity contribution in [1.82, 2.24) is 10.2 Å². The Morgan fingerprint density at radius 1 is 1.29 bits per heavy atom. The van der Waals surface area contributed by atoms with Crippen molar-refractivity contribution in [3.8, 4) is 0 Å². The molecule has 3 unspecified atom stereocenters. The lowest BCUT2D eigenvalue weighted by Crippen LogP contribution is -2.61. The molecule has 7 nitrogen and oxygen atoms in total. The molecular weight excluding hydrogens is 310 g/mol. The Balaban J connectivity index is 1.63. The van der Waals surface area contributed by atoms with Crippen LogP contribution in [0.2, 0.25) is 0 Å². The van der Waals surface area contributed by atoms with Gasteiger partial charge in [0.1, 0.15) is 6.17 Å². The van der Waals surface area contributed by atoms with E-state index in [1.165, 1.54) is 4.90 Å². The predicted molar refractivity (Wildman–Crippen MR) is 84.9 cm³/mol. The number of hydrogen-bond acceptors (Lipinski definition) is 5. The minimum absolute atomic E-state index is 0.138. The fourth-order valence-corrected chi connectivity index (χ4v) is 5.95. The van der Waals surface area contributed by atoms with E-state index in [2.05, 4.69) is 10.5 Å². The van der Waals surface area contributed by atoms with Crippen molar-refractivity contribution in [3.05, 3.63) is 12.3 Å². The maximum absolute atomic E-state index is 13.0. The number of nitrogens with one attached hydrogen (secondary N) is 1. The summed E-state index contributed by atoms with van der Waals surface area (Å²) in [6.45, 7) is 0. The first-order chi connectivity index (χ1) is 11.5. The topological polar surface area (TPSA) is 102 Å². The summed E-state index contributed by atoms with van der Waals surface area (Å²) in [5, 5.41) is 26.5. The van der Waals surface area contributed by atoms with Crippen LogP contribution >= 0.6 is 0 Å². The first-order valence-corrected chi connectivity index (χ1v) is 8.63. The van der Waals surface area contributed by atoms with Crippen LogP contribution in [0.5, 0.6) is 0 Å².